The van der Waals surface area contributed by atoms with Gasteiger partial charge >= 0.3 is 0 Å². The lowest BCUT2D eigenvalue weighted by molar-refractivity contribution is -0.127. The number of rotatable bonds is 6. The Labute approximate surface area is 145 Å². The van der Waals surface area contributed by atoms with Gasteiger partial charge in [0.25, 0.3) is 5.91 Å². The molecule has 1 amide bonds. The topological polar surface area (TPSA) is 38.3 Å². The third-order valence-corrected chi connectivity index (χ3v) is 4.49. The van der Waals surface area contributed by atoms with E-state index in [-0.39, 0.29) is 5.91 Å². The highest BCUT2D eigenvalue weighted by atomic mass is 79.9. The molecular formula is C17H21BrClNO2. The van der Waals surface area contributed by atoms with Gasteiger partial charge in [0.05, 0.1) is 5.02 Å². The molecule has 1 aromatic rings. The standard InChI is InChI=1S/C17H21BrClNO2/c1-12(22-16-8-7-14(18)11-15(16)19)17(21)20-10-9-13-5-3-2-4-6-13/h5,7-8,11-12H,2-4,6,9-10H2,1H3,(H,20,21)/t12-/m0/s1. The number of benzene rings is 1. The largest absolute Gasteiger partial charge is 0.479 e. The first kappa shape index (κ1) is 17.4. The Balaban J connectivity index is 1.78. The molecule has 22 heavy (non-hydrogen) atoms. The minimum atomic E-state index is -0.570. The molecule has 1 aromatic carbocycles. The van der Waals surface area contributed by atoms with Gasteiger partial charge < -0.3 is 10.1 Å². The first-order valence-electron chi connectivity index (χ1n) is 7.63. The SMILES string of the molecule is C[C@H](Oc1ccc(Br)cc1Cl)C(=O)NCCC1=CCCCC1. The van der Waals surface area contributed by atoms with E-state index in [0.29, 0.717) is 17.3 Å². The predicted octanol–water partition coefficient (Wildman–Crippen LogP) is 4.88. The fraction of sp³-hybridized carbons (Fsp3) is 0.471. The summed E-state index contributed by atoms with van der Waals surface area (Å²) in [6, 6.07) is 5.33. The lowest BCUT2D eigenvalue weighted by Crippen LogP contribution is -2.37. The molecule has 120 valence electrons. The van der Waals surface area contributed by atoms with Gasteiger partial charge in [0.15, 0.2) is 6.10 Å². The summed E-state index contributed by atoms with van der Waals surface area (Å²) in [5.74, 6) is 0.401. The van der Waals surface area contributed by atoms with E-state index in [1.165, 1.54) is 24.8 Å². The molecule has 2 rings (SSSR count). The molecule has 0 unspecified atom stereocenters. The number of carbonyl (C=O) groups is 1. The fourth-order valence-electron chi connectivity index (χ4n) is 2.44. The number of nitrogens with one attached hydrogen (secondary N) is 1. The van der Waals surface area contributed by atoms with E-state index < -0.39 is 6.10 Å². The molecule has 3 nitrogen and oxygen atoms in total. The number of ether oxygens (including phenoxy) is 1. The highest BCUT2D eigenvalue weighted by Crippen LogP contribution is 2.28. The maximum absolute atomic E-state index is 12.1. The normalized spacial score (nSPS) is 15.9. The maximum atomic E-state index is 12.1. The van der Waals surface area contributed by atoms with Crippen LogP contribution in [0.25, 0.3) is 0 Å². The third-order valence-electron chi connectivity index (χ3n) is 3.70. The van der Waals surface area contributed by atoms with E-state index in [2.05, 4.69) is 27.3 Å². The van der Waals surface area contributed by atoms with Gasteiger partial charge in [0.1, 0.15) is 5.75 Å². The Bertz CT molecular complexity index is 560. The second kappa shape index (κ2) is 8.59. The van der Waals surface area contributed by atoms with E-state index in [1.54, 1.807) is 19.1 Å². The molecule has 0 heterocycles. The van der Waals surface area contributed by atoms with Crippen molar-refractivity contribution < 1.29 is 9.53 Å². The van der Waals surface area contributed by atoms with Gasteiger partial charge in [0, 0.05) is 11.0 Å². The molecule has 0 spiro atoms. The molecule has 0 bridgehead atoms. The monoisotopic (exact) mass is 385 g/mol. The summed E-state index contributed by atoms with van der Waals surface area (Å²) in [5, 5.41) is 3.41. The van der Waals surface area contributed by atoms with Crippen molar-refractivity contribution in [2.75, 3.05) is 6.54 Å². The Morgan fingerprint density at radius 3 is 2.95 bits per heavy atom. The minimum absolute atomic E-state index is 0.115. The Hall–Kier alpha value is -1.00. The van der Waals surface area contributed by atoms with Crippen molar-refractivity contribution in [2.24, 2.45) is 0 Å². The number of hydrogen-bond acceptors (Lipinski definition) is 2. The summed E-state index contributed by atoms with van der Waals surface area (Å²) < 4.78 is 6.50. The zero-order chi connectivity index (χ0) is 15.9. The summed E-state index contributed by atoms with van der Waals surface area (Å²) in [6.07, 6.45) is 7.55. The van der Waals surface area contributed by atoms with E-state index in [4.69, 9.17) is 16.3 Å². The van der Waals surface area contributed by atoms with Crippen molar-refractivity contribution in [1.29, 1.82) is 0 Å². The van der Waals surface area contributed by atoms with Crippen molar-refractivity contribution in [3.05, 3.63) is 39.3 Å². The van der Waals surface area contributed by atoms with Crippen LogP contribution in [-0.2, 0) is 4.79 Å². The Kier molecular flexibility index (Phi) is 6.77. The van der Waals surface area contributed by atoms with Crippen LogP contribution >= 0.6 is 27.5 Å². The molecule has 0 radical (unpaired) electrons. The molecule has 0 fully saturated rings. The van der Waals surface area contributed by atoms with Crippen molar-refractivity contribution in [3.8, 4) is 5.75 Å². The van der Waals surface area contributed by atoms with E-state index in [9.17, 15) is 4.79 Å². The van der Waals surface area contributed by atoms with Crippen molar-refractivity contribution in [3.63, 3.8) is 0 Å². The molecule has 5 heteroatoms. The highest BCUT2D eigenvalue weighted by Gasteiger charge is 2.16. The number of halogens is 2. The quantitative estimate of drug-likeness (QED) is 0.708. The lowest BCUT2D eigenvalue weighted by atomic mass is 9.97. The molecule has 0 aliphatic heterocycles. The van der Waals surface area contributed by atoms with Gasteiger partial charge in [-0.1, -0.05) is 39.2 Å². The maximum Gasteiger partial charge on any atom is 0.260 e. The van der Waals surface area contributed by atoms with Crippen molar-refractivity contribution in [2.45, 2.75) is 45.1 Å². The average molecular weight is 387 g/mol. The molecule has 1 N–H and O–H groups in total. The van der Waals surface area contributed by atoms with Crippen LogP contribution in [0.5, 0.6) is 5.75 Å². The van der Waals surface area contributed by atoms with Gasteiger partial charge in [-0.05, 0) is 57.2 Å². The fourth-order valence-corrected chi connectivity index (χ4v) is 3.15. The van der Waals surface area contributed by atoms with Crippen LogP contribution in [0.1, 0.15) is 39.0 Å². The second-order valence-corrected chi connectivity index (χ2v) is 6.81. The van der Waals surface area contributed by atoms with Crippen LogP contribution in [0.3, 0.4) is 0 Å². The molecular weight excluding hydrogens is 366 g/mol. The first-order chi connectivity index (χ1) is 10.6. The van der Waals surface area contributed by atoms with Gasteiger partial charge in [-0.3, -0.25) is 4.79 Å². The summed E-state index contributed by atoms with van der Waals surface area (Å²) in [5.41, 5.74) is 1.45. The van der Waals surface area contributed by atoms with Gasteiger partial charge in [-0.15, -0.1) is 0 Å². The zero-order valence-electron chi connectivity index (χ0n) is 12.7. The number of amides is 1. The smallest absolute Gasteiger partial charge is 0.260 e. The minimum Gasteiger partial charge on any atom is -0.479 e. The summed E-state index contributed by atoms with van der Waals surface area (Å²) in [6.45, 7) is 2.39. The average Bonchev–Trinajstić information content (AvgIpc) is 2.51. The number of hydrogen-bond donors (Lipinski definition) is 1. The second-order valence-electron chi connectivity index (χ2n) is 5.48. The number of allylic oxidation sites excluding steroid dienone is 1. The van der Waals surface area contributed by atoms with Gasteiger partial charge in [-0.25, -0.2) is 0 Å². The molecule has 0 saturated heterocycles. The van der Waals surface area contributed by atoms with E-state index >= 15 is 0 Å². The zero-order valence-corrected chi connectivity index (χ0v) is 15.0. The van der Waals surface area contributed by atoms with Crippen LogP contribution in [0, 0.1) is 0 Å². The number of carbonyl (C=O) groups excluding carboxylic acids is 1. The van der Waals surface area contributed by atoms with Crippen LogP contribution in [0.4, 0.5) is 0 Å². The molecule has 1 aliphatic rings. The van der Waals surface area contributed by atoms with Gasteiger partial charge in [0.2, 0.25) is 0 Å². The molecule has 0 aromatic heterocycles. The van der Waals surface area contributed by atoms with Crippen LogP contribution < -0.4 is 10.1 Å². The molecule has 0 saturated carbocycles. The Morgan fingerprint density at radius 2 is 2.27 bits per heavy atom. The summed E-state index contributed by atoms with van der Waals surface area (Å²) in [4.78, 5) is 12.1. The van der Waals surface area contributed by atoms with Crippen LogP contribution in [0.2, 0.25) is 5.02 Å². The van der Waals surface area contributed by atoms with Crippen LogP contribution in [0.15, 0.2) is 34.3 Å². The lowest BCUT2D eigenvalue weighted by Gasteiger charge is -2.17. The summed E-state index contributed by atoms with van der Waals surface area (Å²) in [7, 11) is 0. The Morgan fingerprint density at radius 1 is 1.45 bits per heavy atom. The van der Waals surface area contributed by atoms with E-state index in [0.717, 1.165) is 17.3 Å². The van der Waals surface area contributed by atoms with Crippen molar-refractivity contribution in [1.82, 2.24) is 5.32 Å². The highest BCUT2D eigenvalue weighted by molar-refractivity contribution is 9.10. The third kappa shape index (κ3) is 5.33. The molecule has 1 atom stereocenters. The van der Waals surface area contributed by atoms with Crippen molar-refractivity contribution >= 4 is 33.4 Å². The summed E-state index contributed by atoms with van der Waals surface area (Å²) >= 11 is 9.43. The first-order valence-corrected chi connectivity index (χ1v) is 8.80. The van der Waals surface area contributed by atoms with Gasteiger partial charge in [-0.2, -0.15) is 0 Å². The molecule has 1 aliphatic carbocycles. The van der Waals surface area contributed by atoms with Crippen LogP contribution in [-0.4, -0.2) is 18.6 Å². The van der Waals surface area contributed by atoms with E-state index in [1.807, 2.05) is 6.07 Å². The predicted molar refractivity (Wildman–Crippen MR) is 93.4 cm³/mol.